The van der Waals surface area contributed by atoms with Gasteiger partial charge < -0.3 is 20.3 Å². The fourth-order valence-corrected chi connectivity index (χ4v) is 3.08. The van der Waals surface area contributed by atoms with Crippen LogP contribution >= 0.6 is 11.3 Å². The minimum atomic E-state index is -4.78. The number of carbonyl (C=O) groups excluding carboxylic acids is 1. The van der Waals surface area contributed by atoms with Crippen molar-refractivity contribution in [2.75, 3.05) is 26.0 Å². The predicted octanol–water partition coefficient (Wildman–Crippen LogP) is 4.07. The maximum absolute atomic E-state index is 12.2. The van der Waals surface area contributed by atoms with E-state index in [1.54, 1.807) is 11.3 Å². The van der Waals surface area contributed by atoms with Crippen molar-refractivity contribution in [2.45, 2.75) is 12.4 Å². The zero-order valence-corrected chi connectivity index (χ0v) is 14.4. The SMILES string of the molecule is CN(C)C(CNC(=O)Nc1cccc(OC(F)(F)F)c1)c1cccs1. The monoisotopic (exact) mass is 373 g/mol. The van der Waals surface area contributed by atoms with Gasteiger partial charge in [-0.1, -0.05) is 12.1 Å². The number of hydrogen-bond acceptors (Lipinski definition) is 4. The Morgan fingerprint density at radius 3 is 2.64 bits per heavy atom. The van der Waals surface area contributed by atoms with Gasteiger partial charge in [-0.15, -0.1) is 24.5 Å². The molecule has 0 saturated heterocycles. The Morgan fingerprint density at radius 1 is 1.28 bits per heavy atom. The number of likely N-dealkylation sites (N-methyl/N-ethyl adjacent to an activating group) is 1. The molecule has 0 spiro atoms. The largest absolute Gasteiger partial charge is 0.573 e. The van der Waals surface area contributed by atoms with Crippen molar-refractivity contribution in [3.8, 4) is 5.75 Å². The summed E-state index contributed by atoms with van der Waals surface area (Å²) in [6, 6.07) is 8.52. The summed E-state index contributed by atoms with van der Waals surface area (Å²) in [4.78, 5) is 15.1. The van der Waals surface area contributed by atoms with E-state index in [2.05, 4.69) is 15.4 Å². The number of nitrogens with one attached hydrogen (secondary N) is 2. The summed E-state index contributed by atoms with van der Waals surface area (Å²) in [5, 5.41) is 7.17. The van der Waals surface area contributed by atoms with Gasteiger partial charge in [0, 0.05) is 23.2 Å². The van der Waals surface area contributed by atoms with Crippen molar-refractivity contribution in [1.82, 2.24) is 10.2 Å². The van der Waals surface area contributed by atoms with Gasteiger partial charge >= 0.3 is 12.4 Å². The first-order valence-electron chi connectivity index (χ1n) is 7.35. The number of nitrogens with zero attached hydrogens (tertiary/aromatic N) is 1. The van der Waals surface area contributed by atoms with E-state index < -0.39 is 18.1 Å². The molecule has 2 aromatic rings. The third-order valence-corrected chi connectivity index (χ3v) is 4.25. The standard InChI is InChI=1S/C16H18F3N3O2S/c1-22(2)13(14-7-4-8-25-14)10-20-15(23)21-11-5-3-6-12(9-11)24-16(17,18)19/h3-9,13H,10H2,1-2H3,(H2,20,21,23). The highest BCUT2D eigenvalue weighted by Gasteiger charge is 2.31. The van der Waals surface area contributed by atoms with Crippen LogP contribution < -0.4 is 15.4 Å². The van der Waals surface area contributed by atoms with Crippen LogP contribution in [0.1, 0.15) is 10.9 Å². The minimum Gasteiger partial charge on any atom is -0.406 e. The number of ether oxygens (including phenoxy) is 1. The van der Waals surface area contributed by atoms with Gasteiger partial charge in [0.05, 0.1) is 6.04 Å². The van der Waals surface area contributed by atoms with Gasteiger partial charge in [0.2, 0.25) is 0 Å². The molecular weight excluding hydrogens is 355 g/mol. The van der Waals surface area contributed by atoms with Gasteiger partial charge in [0.25, 0.3) is 0 Å². The number of halogens is 3. The van der Waals surface area contributed by atoms with Crippen molar-refractivity contribution in [1.29, 1.82) is 0 Å². The zero-order valence-electron chi connectivity index (χ0n) is 13.6. The number of urea groups is 1. The van der Waals surface area contributed by atoms with Crippen molar-refractivity contribution in [2.24, 2.45) is 0 Å². The van der Waals surface area contributed by atoms with Gasteiger partial charge in [-0.25, -0.2) is 4.79 Å². The number of hydrogen-bond donors (Lipinski definition) is 2. The Labute approximate surface area is 147 Å². The Hall–Kier alpha value is -2.26. The summed E-state index contributed by atoms with van der Waals surface area (Å²) >= 11 is 1.59. The zero-order chi connectivity index (χ0) is 18.4. The highest BCUT2D eigenvalue weighted by Crippen LogP contribution is 2.25. The second-order valence-electron chi connectivity index (χ2n) is 5.41. The van der Waals surface area contributed by atoms with Gasteiger partial charge in [-0.05, 0) is 37.7 Å². The van der Waals surface area contributed by atoms with Gasteiger partial charge in [0.1, 0.15) is 5.75 Å². The minimum absolute atomic E-state index is 0.00523. The molecule has 1 unspecified atom stereocenters. The average molecular weight is 373 g/mol. The van der Waals surface area contributed by atoms with E-state index in [1.807, 2.05) is 36.5 Å². The van der Waals surface area contributed by atoms with Crippen LogP contribution in [-0.2, 0) is 0 Å². The molecule has 1 atom stereocenters. The van der Waals surface area contributed by atoms with E-state index in [0.29, 0.717) is 6.54 Å². The highest BCUT2D eigenvalue weighted by molar-refractivity contribution is 7.10. The number of anilines is 1. The molecule has 25 heavy (non-hydrogen) atoms. The second kappa shape index (κ2) is 8.21. The third-order valence-electron chi connectivity index (χ3n) is 3.28. The molecule has 1 heterocycles. The number of amides is 2. The lowest BCUT2D eigenvalue weighted by Gasteiger charge is -2.23. The molecule has 136 valence electrons. The van der Waals surface area contributed by atoms with Crippen LogP contribution in [0.15, 0.2) is 41.8 Å². The topological polar surface area (TPSA) is 53.6 Å². The number of thiophene rings is 1. The highest BCUT2D eigenvalue weighted by atomic mass is 32.1. The van der Waals surface area contributed by atoms with Crippen LogP contribution in [0.3, 0.4) is 0 Å². The molecule has 0 saturated carbocycles. The fourth-order valence-electron chi connectivity index (χ4n) is 2.15. The van der Waals surface area contributed by atoms with E-state index in [1.165, 1.54) is 12.1 Å². The number of benzene rings is 1. The lowest BCUT2D eigenvalue weighted by Crippen LogP contribution is -2.36. The lowest BCUT2D eigenvalue weighted by molar-refractivity contribution is -0.274. The summed E-state index contributed by atoms with van der Waals surface area (Å²) < 4.78 is 40.5. The van der Waals surface area contributed by atoms with E-state index in [9.17, 15) is 18.0 Å². The first kappa shape index (κ1) is 19.1. The van der Waals surface area contributed by atoms with Gasteiger partial charge in [0.15, 0.2) is 0 Å². The summed E-state index contributed by atoms with van der Waals surface area (Å²) in [6.07, 6.45) is -4.78. The Balaban J connectivity index is 1.92. The summed E-state index contributed by atoms with van der Waals surface area (Å²) in [7, 11) is 3.81. The summed E-state index contributed by atoms with van der Waals surface area (Å²) in [5.41, 5.74) is 0.205. The van der Waals surface area contributed by atoms with Crippen LogP contribution in [0, 0.1) is 0 Å². The van der Waals surface area contributed by atoms with Crippen molar-refractivity contribution in [3.05, 3.63) is 46.7 Å². The fraction of sp³-hybridized carbons (Fsp3) is 0.312. The maximum Gasteiger partial charge on any atom is 0.573 e. The van der Waals surface area contributed by atoms with Crippen LogP contribution in [-0.4, -0.2) is 37.9 Å². The molecule has 2 N–H and O–H groups in total. The van der Waals surface area contributed by atoms with E-state index in [4.69, 9.17) is 0 Å². The average Bonchev–Trinajstić information content (AvgIpc) is 2.99. The molecule has 2 rings (SSSR count). The van der Waals surface area contributed by atoms with Gasteiger partial charge in [-0.2, -0.15) is 0 Å². The lowest BCUT2D eigenvalue weighted by atomic mass is 10.2. The molecule has 0 radical (unpaired) electrons. The molecule has 9 heteroatoms. The summed E-state index contributed by atoms with van der Waals surface area (Å²) in [6.45, 7) is 0.359. The van der Waals surface area contributed by atoms with E-state index in [0.717, 1.165) is 17.0 Å². The Bertz CT molecular complexity index is 690. The molecule has 0 fully saturated rings. The molecular formula is C16H18F3N3O2S. The molecule has 0 aliphatic carbocycles. The van der Waals surface area contributed by atoms with Crippen LogP contribution in [0.4, 0.5) is 23.7 Å². The van der Waals surface area contributed by atoms with Crippen molar-refractivity contribution in [3.63, 3.8) is 0 Å². The Kier molecular flexibility index (Phi) is 6.27. The smallest absolute Gasteiger partial charge is 0.406 e. The van der Waals surface area contributed by atoms with Crippen LogP contribution in [0.25, 0.3) is 0 Å². The predicted molar refractivity (Wildman–Crippen MR) is 90.9 cm³/mol. The third kappa shape index (κ3) is 6.28. The van der Waals surface area contributed by atoms with Crippen LogP contribution in [0.5, 0.6) is 5.75 Å². The van der Waals surface area contributed by atoms with Crippen LogP contribution in [0.2, 0.25) is 0 Å². The van der Waals surface area contributed by atoms with Crippen molar-refractivity contribution >= 4 is 23.1 Å². The van der Waals surface area contributed by atoms with Gasteiger partial charge in [-0.3, -0.25) is 0 Å². The summed E-state index contributed by atoms with van der Waals surface area (Å²) in [5.74, 6) is -0.393. The molecule has 1 aromatic carbocycles. The number of rotatable bonds is 6. The molecule has 0 aliphatic rings. The normalized spacial score (nSPS) is 12.7. The molecule has 0 bridgehead atoms. The maximum atomic E-state index is 12.2. The number of alkyl halides is 3. The number of carbonyl (C=O) groups is 1. The molecule has 5 nitrogen and oxygen atoms in total. The first-order valence-corrected chi connectivity index (χ1v) is 8.23. The first-order chi connectivity index (χ1) is 11.7. The van der Waals surface area contributed by atoms with E-state index >= 15 is 0 Å². The molecule has 1 aromatic heterocycles. The Morgan fingerprint density at radius 2 is 2.04 bits per heavy atom. The molecule has 2 amide bonds. The van der Waals surface area contributed by atoms with E-state index in [-0.39, 0.29) is 11.7 Å². The second-order valence-corrected chi connectivity index (χ2v) is 6.38. The van der Waals surface area contributed by atoms with Crippen molar-refractivity contribution < 1.29 is 22.7 Å². The quantitative estimate of drug-likeness (QED) is 0.803. The molecule has 0 aliphatic heterocycles.